The zero-order chi connectivity index (χ0) is 13.1. The number of nitrogens with zero attached hydrogens (tertiary/aromatic N) is 1. The Balaban J connectivity index is 2.22. The van der Waals surface area contributed by atoms with Gasteiger partial charge in [0.1, 0.15) is 11.6 Å². The van der Waals surface area contributed by atoms with Crippen molar-refractivity contribution < 1.29 is 9.18 Å². The third kappa shape index (κ3) is 2.75. The predicted molar refractivity (Wildman–Crippen MR) is 68.0 cm³/mol. The number of anilines is 2. The van der Waals surface area contributed by atoms with E-state index in [1.807, 2.05) is 0 Å². The molecule has 92 valence electrons. The Morgan fingerprint density at radius 2 is 2.11 bits per heavy atom. The molecule has 18 heavy (non-hydrogen) atoms. The fourth-order valence-electron chi connectivity index (χ4n) is 1.37. The molecule has 2 rings (SSSR count). The van der Waals surface area contributed by atoms with Crippen molar-refractivity contribution in [3.05, 3.63) is 52.9 Å². The van der Waals surface area contributed by atoms with E-state index in [1.165, 1.54) is 24.4 Å². The summed E-state index contributed by atoms with van der Waals surface area (Å²) in [7, 11) is 0. The van der Waals surface area contributed by atoms with Crippen molar-refractivity contribution in [1.29, 1.82) is 0 Å². The Labute approximate surface area is 108 Å². The summed E-state index contributed by atoms with van der Waals surface area (Å²) < 4.78 is 13.5. The first-order valence-corrected chi connectivity index (χ1v) is 5.42. The Morgan fingerprint density at radius 1 is 1.33 bits per heavy atom. The van der Waals surface area contributed by atoms with Crippen molar-refractivity contribution >= 4 is 29.0 Å². The molecule has 0 aliphatic rings. The molecule has 0 saturated carbocycles. The van der Waals surface area contributed by atoms with Gasteiger partial charge in [0.2, 0.25) is 0 Å². The zero-order valence-corrected chi connectivity index (χ0v) is 9.91. The first-order valence-electron chi connectivity index (χ1n) is 5.04. The van der Waals surface area contributed by atoms with Crippen LogP contribution in [0.3, 0.4) is 0 Å². The van der Waals surface area contributed by atoms with Crippen molar-refractivity contribution in [2.75, 3.05) is 11.1 Å². The molecule has 0 aliphatic heterocycles. The topological polar surface area (TPSA) is 68.0 Å². The highest BCUT2D eigenvalue weighted by atomic mass is 35.5. The molecule has 0 radical (unpaired) electrons. The molecule has 6 heteroatoms. The number of nitrogens with one attached hydrogen (secondary N) is 1. The third-order valence-corrected chi connectivity index (χ3v) is 2.44. The second kappa shape index (κ2) is 5.01. The number of carbonyl (C=O) groups excluding carboxylic acids is 1. The lowest BCUT2D eigenvalue weighted by atomic mass is 10.2. The van der Waals surface area contributed by atoms with Gasteiger partial charge in [-0.2, -0.15) is 0 Å². The molecule has 0 saturated heterocycles. The standard InChI is InChI=1S/C12H9ClFN3O/c13-7-3-4-16-11(5-7)17-12(18)9-2-1-8(15)6-10(9)14/h1-6H,15H2,(H,16,17,18). The lowest BCUT2D eigenvalue weighted by Gasteiger charge is -2.06. The van der Waals surface area contributed by atoms with E-state index in [1.54, 1.807) is 6.07 Å². The fraction of sp³-hybridized carbons (Fsp3) is 0. The number of hydrogen-bond acceptors (Lipinski definition) is 3. The average Bonchev–Trinajstić information content (AvgIpc) is 2.28. The van der Waals surface area contributed by atoms with Gasteiger partial charge in [-0.15, -0.1) is 0 Å². The minimum absolute atomic E-state index is 0.106. The van der Waals surface area contributed by atoms with Crippen molar-refractivity contribution in [3.8, 4) is 0 Å². The second-order valence-corrected chi connectivity index (χ2v) is 3.99. The number of benzene rings is 1. The van der Waals surface area contributed by atoms with Gasteiger partial charge >= 0.3 is 0 Å². The maximum Gasteiger partial charge on any atom is 0.259 e. The number of hydrogen-bond donors (Lipinski definition) is 2. The van der Waals surface area contributed by atoms with E-state index in [2.05, 4.69) is 10.3 Å². The highest BCUT2D eigenvalue weighted by Gasteiger charge is 2.12. The molecule has 1 amide bonds. The lowest BCUT2D eigenvalue weighted by Crippen LogP contribution is -2.14. The third-order valence-electron chi connectivity index (χ3n) is 2.20. The molecule has 2 aromatic rings. The molecule has 0 unspecified atom stereocenters. The molecular formula is C12H9ClFN3O. The van der Waals surface area contributed by atoms with E-state index in [-0.39, 0.29) is 17.1 Å². The van der Waals surface area contributed by atoms with Gasteiger partial charge in [-0.3, -0.25) is 4.79 Å². The summed E-state index contributed by atoms with van der Waals surface area (Å²) in [6.45, 7) is 0. The monoisotopic (exact) mass is 265 g/mol. The minimum Gasteiger partial charge on any atom is -0.399 e. The first-order chi connectivity index (χ1) is 8.56. The molecule has 0 atom stereocenters. The largest absolute Gasteiger partial charge is 0.399 e. The van der Waals surface area contributed by atoms with E-state index >= 15 is 0 Å². The normalized spacial score (nSPS) is 10.1. The molecule has 1 aromatic carbocycles. The molecular weight excluding hydrogens is 257 g/mol. The SMILES string of the molecule is Nc1ccc(C(=O)Nc2cc(Cl)ccn2)c(F)c1. The van der Waals surface area contributed by atoms with Crippen LogP contribution in [0.2, 0.25) is 5.02 Å². The van der Waals surface area contributed by atoms with Crippen LogP contribution in [0.25, 0.3) is 0 Å². The number of rotatable bonds is 2. The Kier molecular flexibility index (Phi) is 3.43. The van der Waals surface area contributed by atoms with Gasteiger partial charge in [0.05, 0.1) is 5.56 Å². The van der Waals surface area contributed by atoms with Crippen LogP contribution in [0, 0.1) is 5.82 Å². The number of nitrogen functional groups attached to an aromatic ring is 1. The van der Waals surface area contributed by atoms with Gasteiger partial charge in [-0.05, 0) is 30.3 Å². The summed E-state index contributed by atoms with van der Waals surface area (Å²) in [5, 5.41) is 2.87. The molecule has 0 aliphatic carbocycles. The number of carbonyl (C=O) groups is 1. The van der Waals surface area contributed by atoms with Gasteiger partial charge in [0.15, 0.2) is 0 Å². The quantitative estimate of drug-likeness (QED) is 0.821. The molecule has 0 bridgehead atoms. The summed E-state index contributed by atoms with van der Waals surface area (Å²) in [6, 6.07) is 6.88. The summed E-state index contributed by atoms with van der Waals surface area (Å²) in [6.07, 6.45) is 1.44. The minimum atomic E-state index is -0.686. The van der Waals surface area contributed by atoms with Gasteiger partial charge in [-0.1, -0.05) is 11.6 Å². The van der Waals surface area contributed by atoms with Gasteiger partial charge in [0, 0.05) is 16.9 Å². The number of amides is 1. The van der Waals surface area contributed by atoms with Crippen molar-refractivity contribution in [1.82, 2.24) is 4.98 Å². The molecule has 0 fully saturated rings. The highest BCUT2D eigenvalue weighted by Crippen LogP contribution is 2.15. The van der Waals surface area contributed by atoms with Crippen LogP contribution >= 0.6 is 11.6 Å². The number of nitrogens with two attached hydrogens (primary N) is 1. The molecule has 1 heterocycles. The van der Waals surface area contributed by atoms with Crippen molar-refractivity contribution in [3.63, 3.8) is 0 Å². The molecule has 1 aromatic heterocycles. The van der Waals surface area contributed by atoms with Crippen molar-refractivity contribution in [2.24, 2.45) is 0 Å². The Hall–Kier alpha value is -2.14. The van der Waals surface area contributed by atoms with E-state index in [9.17, 15) is 9.18 Å². The van der Waals surface area contributed by atoms with Crippen molar-refractivity contribution in [2.45, 2.75) is 0 Å². The second-order valence-electron chi connectivity index (χ2n) is 3.55. The summed E-state index contributed by atoms with van der Waals surface area (Å²) >= 11 is 5.74. The van der Waals surface area contributed by atoms with Gasteiger partial charge < -0.3 is 11.1 Å². The Bertz CT molecular complexity index is 604. The van der Waals surface area contributed by atoms with E-state index in [0.29, 0.717) is 5.02 Å². The van der Waals surface area contributed by atoms with Crippen LogP contribution in [0.4, 0.5) is 15.9 Å². The highest BCUT2D eigenvalue weighted by molar-refractivity contribution is 6.30. The maximum absolute atomic E-state index is 13.5. The van der Waals surface area contributed by atoms with E-state index in [4.69, 9.17) is 17.3 Å². The summed E-state index contributed by atoms with van der Waals surface area (Å²) in [5.74, 6) is -1.04. The predicted octanol–water partition coefficient (Wildman–Crippen LogP) is 2.71. The average molecular weight is 266 g/mol. The van der Waals surface area contributed by atoms with E-state index < -0.39 is 11.7 Å². The fourth-order valence-corrected chi connectivity index (χ4v) is 1.53. The zero-order valence-electron chi connectivity index (χ0n) is 9.15. The smallest absolute Gasteiger partial charge is 0.259 e. The number of pyridine rings is 1. The van der Waals surface area contributed by atoms with Crippen LogP contribution in [0.1, 0.15) is 10.4 Å². The number of halogens is 2. The van der Waals surface area contributed by atoms with E-state index in [0.717, 1.165) is 6.07 Å². The van der Waals surface area contributed by atoms with Crippen LogP contribution in [0.15, 0.2) is 36.5 Å². The summed E-state index contributed by atoms with van der Waals surface area (Å²) in [4.78, 5) is 15.7. The molecule has 4 nitrogen and oxygen atoms in total. The summed E-state index contributed by atoms with van der Waals surface area (Å²) in [5.41, 5.74) is 5.55. The molecule has 3 N–H and O–H groups in total. The molecule has 0 spiro atoms. The van der Waals surface area contributed by atoms with Gasteiger partial charge in [0.25, 0.3) is 5.91 Å². The lowest BCUT2D eigenvalue weighted by molar-refractivity contribution is 0.102. The Morgan fingerprint density at radius 3 is 2.78 bits per heavy atom. The first kappa shape index (κ1) is 12.3. The van der Waals surface area contributed by atoms with Crippen LogP contribution in [0.5, 0.6) is 0 Å². The van der Waals surface area contributed by atoms with Crippen LogP contribution < -0.4 is 11.1 Å². The maximum atomic E-state index is 13.5. The number of aromatic nitrogens is 1. The van der Waals surface area contributed by atoms with Gasteiger partial charge in [-0.25, -0.2) is 9.37 Å². The van der Waals surface area contributed by atoms with Crippen LogP contribution in [-0.4, -0.2) is 10.9 Å². The van der Waals surface area contributed by atoms with Crippen LogP contribution in [-0.2, 0) is 0 Å².